The van der Waals surface area contributed by atoms with Gasteiger partial charge in [0, 0.05) is 19.1 Å². The van der Waals surface area contributed by atoms with Gasteiger partial charge >= 0.3 is 0 Å². The molecular formula is C13H24N2O2. The summed E-state index contributed by atoms with van der Waals surface area (Å²) in [5.74, 6) is 0.762. The van der Waals surface area contributed by atoms with E-state index in [0.717, 1.165) is 51.7 Å². The van der Waals surface area contributed by atoms with Gasteiger partial charge in [0.05, 0.1) is 6.10 Å². The summed E-state index contributed by atoms with van der Waals surface area (Å²) in [5, 5.41) is 3.04. The fourth-order valence-electron chi connectivity index (χ4n) is 3.02. The van der Waals surface area contributed by atoms with Gasteiger partial charge in [-0.1, -0.05) is 6.42 Å². The second-order valence-electron chi connectivity index (χ2n) is 5.25. The first-order valence-electron chi connectivity index (χ1n) is 6.90. The van der Waals surface area contributed by atoms with Gasteiger partial charge in [0.1, 0.15) is 0 Å². The predicted molar refractivity (Wildman–Crippen MR) is 66.5 cm³/mol. The molecule has 17 heavy (non-hydrogen) atoms. The lowest BCUT2D eigenvalue weighted by Gasteiger charge is -2.18. The van der Waals surface area contributed by atoms with Crippen molar-refractivity contribution in [2.45, 2.75) is 44.6 Å². The van der Waals surface area contributed by atoms with E-state index in [0.29, 0.717) is 18.6 Å². The molecule has 0 aromatic heterocycles. The van der Waals surface area contributed by atoms with Crippen LogP contribution in [0, 0.1) is 11.8 Å². The highest BCUT2D eigenvalue weighted by molar-refractivity contribution is 5.79. The number of nitrogens with two attached hydrogens (primary N) is 1. The normalized spacial score (nSPS) is 32.9. The van der Waals surface area contributed by atoms with Gasteiger partial charge < -0.3 is 15.8 Å². The third-order valence-electron chi connectivity index (χ3n) is 4.09. The van der Waals surface area contributed by atoms with Gasteiger partial charge in [0.25, 0.3) is 0 Å². The van der Waals surface area contributed by atoms with E-state index in [1.54, 1.807) is 0 Å². The number of hydrogen-bond acceptors (Lipinski definition) is 3. The van der Waals surface area contributed by atoms with Crippen molar-refractivity contribution in [3.63, 3.8) is 0 Å². The Labute approximate surface area is 103 Å². The van der Waals surface area contributed by atoms with Crippen molar-refractivity contribution in [2.24, 2.45) is 17.6 Å². The highest BCUT2D eigenvalue weighted by atomic mass is 16.5. The first-order chi connectivity index (χ1) is 8.31. The summed E-state index contributed by atoms with van der Waals surface area (Å²) in [6, 6.07) is 0. The van der Waals surface area contributed by atoms with E-state index >= 15 is 0 Å². The summed E-state index contributed by atoms with van der Waals surface area (Å²) in [5.41, 5.74) is 5.69. The highest BCUT2D eigenvalue weighted by Gasteiger charge is 2.31. The standard InChI is InChI=1S/C13H24N2O2/c14-9-10-3-1-5-12(10)13(16)15-7-6-11-4-2-8-17-11/h10-12H,1-9,14H2,(H,15,16). The van der Waals surface area contributed by atoms with Crippen LogP contribution in [0.2, 0.25) is 0 Å². The van der Waals surface area contributed by atoms with Crippen LogP contribution in [0.5, 0.6) is 0 Å². The monoisotopic (exact) mass is 240 g/mol. The average Bonchev–Trinajstić information content (AvgIpc) is 2.99. The van der Waals surface area contributed by atoms with Crippen molar-refractivity contribution in [1.29, 1.82) is 0 Å². The Hall–Kier alpha value is -0.610. The van der Waals surface area contributed by atoms with Gasteiger partial charge in [0.15, 0.2) is 0 Å². The summed E-state index contributed by atoms with van der Waals surface area (Å²) in [6.45, 7) is 2.28. The number of carbonyl (C=O) groups is 1. The lowest BCUT2D eigenvalue weighted by atomic mass is 9.95. The molecule has 3 atom stereocenters. The van der Waals surface area contributed by atoms with Crippen molar-refractivity contribution in [2.75, 3.05) is 19.7 Å². The van der Waals surface area contributed by atoms with Crippen LogP contribution in [-0.2, 0) is 9.53 Å². The Kier molecular flexibility index (Phi) is 4.80. The summed E-state index contributed by atoms with van der Waals surface area (Å²) in [6.07, 6.45) is 6.89. The smallest absolute Gasteiger partial charge is 0.223 e. The highest BCUT2D eigenvalue weighted by Crippen LogP contribution is 2.30. The van der Waals surface area contributed by atoms with E-state index < -0.39 is 0 Å². The molecule has 1 aliphatic carbocycles. The molecule has 0 spiro atoms. The van der Waals surface area contributed by atoms with Crippen molar-refractivity contribution in [3.05, 3.63) is 0 Å². The van der Waals surface area contributed by atoms with Crippen LogP contribution in [0.3, 0.4) is 0 Å². The van der Waals surface area contributed by atoms with E-state index in [4.69, 9.17) is 10.5 Å². The summed E-state index contributed by atoms with van der Waals surface area (Å²) in [4.78, 5) is 12.0. The second kappa shape index (κ2) is 6.36. The van der Waals surface area contributed by atoms with Crippen molar-refractivity contribution in [3.8, 4) is 0 Å². The SMILES string of the molecule is NCC1CCCC1C(=O)NCCC1CCCO1. The lowest BCUT2D eigenvalue weighted by Crippen LogP contribution is -2.36. The van der Waals surface area contributed by atoms with Crippen LogP contribution in [0.25, 0.3) is 0 Å². The molecule has 1 heterocycles. The van der Waals surface area contributed by atoms with E-state index in [-0.39, 0.29) is 11.8 Å². The predicted octanol–water partition coefficient (Wildman–Crippen LogP) is 1.05. The summed E-state index contributed by atoms with van der Waals surface area (Å²) < 4.78 is 5.53. The van der Waals surface area contributed by atoms with Crippen LogP contribution in [-0.4, -0.2) is 31.7 Å². The maximum absolute atomic E-state index is 12.0. The van der Waals surface area contributed by atoms with Crippen molar-refractivity contribution < 1.29 is 9.53 Å². The Morgan fingerprint density at radius 1 is 1.29 bits per heavy atom. The zero-order valence-electron chi connectivity index (χ0n) is 10.5. The Balaban J connectivity index is 1.66. The van der Waals surface area contributed by atoms with Crippen molar-refractivity contribution >= 4 is 5.91 Å². The number of rotatable bonds is 5. The molecule has 4 heteroatoms. The minimum absolute atomic E-state index is 0.157. The van der Waals surface area contributed by atoms with Crippen LogP contribution >= 0.6 is 0 Å². The van der Waals surface area contributed by atoms with Crippen LogP contribution in [0.4, 0.5) is 0 Å². The molecule has 3 N–H and O–H groups in total. The zero-order valence-corrected chi connectivity index (χ0v) is 10.5. The molecule has 0 radical (unpaired) electrons. The molecule has 0 aromatic rings. The average molecular weight is 240 g/mol. The third-order valence-corrected chi connectivity index (χ3v) is 4.09. The van der Waals surface area contributed by atoms with E-state index in [1.807, 2.05) is 0 Å². The maximum atomic E-state index is 12.0. The molecule has 2 aliphatic rings. The van der Waals surface area contributed by atoms with E-state index in [2.05, 4.69) is 5.32 Å². The largest absolute Gasteiger partial charge is 0.378 e. The van der Waals surface area contributed by atoms with Gasteiger partial charge in [-0.25, -0.2) is 0 Å². The fourth-order valence-corrected chi connectivity index (χ4v) is 3.02. The number of amides is 1. The molecule has 1 saturated carbocycles. The van der Waals surface area contributed by atoms with E-state index in [9.17, 15) is 4.79 Å². The molecule has 4 nitrogen and oxygen atoms in total. The Morgan fingerprint density at radius 2 is 2.18 bits per heavy atom. The van der Waals surface area contributed by atoms with Gasteiger partial charge in [-0.05, 0) is 44.6 Å². The molecule has 0 aromatic carbocycles. The summed E-state index contributed by atoms with van der Waals surface area (Å²) in [7, 11) is 0. The molecular weight excluding hydrogens is 216 g/mol. The van der Waals surface area contributed by atoms with Crippen LogP contribution < -0.4 is 11.1 Å². The summed E-state index contributed by atoms with van der Waals surface area (Å²) >= 11 is 0. The molecule has 2 fully saturated rings. The molecule has 3 unspecified atom stereocenters. The Morgan fingerprint density at radius 3 is 2.88 bits per heavy atom. The molecule has 1 saturated heterocycles. The number of ether oxygens (including phenoxy) is 1. The minimum Gasteiger partial charge on any atom is -0.378 e. The van der Waals surface area contributed by atoms with Gasteiger partial charge in [-0.3, -0.25) is 4.79 Å². The Bertz CT molecular complexity index is 252. The number of hydrogen-bond donors (Lipinski definition) is 2. The zero-order chi connectivity index (χ0) is 12.1. The number of nitrogens with one attached hydrogen (secondary N) is 1. The van der Waals surface area contributed by atoms with Gasteiger partial charge in [-0.2, -0.15) is 0 Å². The first kappa shape index (κ1) is 12.8. The van der Waals surface area contributed by atoms with Crippen molar-refractivity contribution in [1.82, 2.24) is 5.32 Å². The topological polar surface area (TPSA) is 64.4 Å². The fraction of sp³-hybridized carbons (Fsp3) is 0.923. The lowest BCUT2D eigenvalue weighted by molar-refractivity contribution is -0.126. The molecule has 2 rings (SSSR count). The third kappa shape index (κ3) is 3.42. The maximum Gasteiger partial charge on any atom is 0.223 e. The second-order valence-corrected chi connectivity index (χ2v) is 5.25. The minimum atomic E-state index is 0.157. The van der Waals surface area contributed by atoms with Gasteiger partial charge in [-0.15, -0.1) is 0 Å². The quantitative estimate of drug-likeness (QED) is 0.755. The number of carbonyl (C=O) groups excluding carboxylic acids is 1. The molecule has 0 bridgehead atoms. The van der Waals surface area contributed by atoms with Crippen LogP contribution in [0.1, 0.15) is 38.5 Å². The molecule has 1 aliphatic heterocycles. The molecule has 1 amide bonds. The van der Waals surface area contributed by atoms with Crippen LogP contribution in [0.15, 0.2) is 0 Å². The van der Waals surface area contributed by atoms with E-state index in [1.165, 1.54) is 0 Å². The van der Waals surface area contributed by atoms with Gasteiger partial charge in [0.2, 0.25) is 5.91 Å². The molecule has 98 valence electrons. The first-order valence-corrected chi connectivity index (χ1v) is 6.90.